The minimum atomic E-state index is 0.137. The van der Waals surface area contributed by atoms with Gasteiger partial charge in [0.25, 0.3) is 0 Å². The van der Waals surface area contributed by atoms with Gasteiger partial charge in [-0.05, 0) is 42.2 Å². The van der Waals surface area contributed by atoms with Gasteiger partial charge in [-0.3, -0.25) is 0 Å². The van der Waals surface area contributed by atoms with Crippen LogP contribution >= 0.6 is 15.9 Å². The first-order chi connectivity index (χ1) is 11.7. The smallest absolute Gasteiger partial charge is 0.139 e. The van der Waals surface area contributed by atoms with Gasteiger partial charge in [0, 0.05) is 4.47 Å². The van der Waals surface area contributed by atoms with E-state index in [1.165, 1.54) is 11.1 Å². The highest BCUT2D eigenvalue weighted by molar-refractivity contribution is 9.10. The molecule has 0 saturated heterocycles. The van der Waals surface area contributed by atoms with Crippen molar-refractivity contribution in [3.05, 3.63) is 94.5 Å². The van der Waals surface area contributed by atoms with Gasteiger partial charge in [-0.25, -0.2) is 0 Å². The van der Waals surface area contributed by atoms with Crippen LogP contribution in [0.4, 0.5) is 5.69 Å². The normalized spacial score (nSPS) is 11.9. The Balaban J connectivity index is 1.79. The molecule has 1 atom stereocenters. The van der Waals surface area contributed by atoms with Crippen LogP contribution in [-0.4, -0.2) is 5.11 Å². The van der Waals surface area contributed by atoms with Crippen LogP contribution in [0.1, 0.15) is 23.6 Å². The lowest BCUT2D eigenvalue weighted by molar-refractivity contribution is 0.475. The summed E-state index contributed by atoms with van der Waals surface area (Å²) in [6, 6.07) is 26.5. The van der Waals surface area contributed by atoms with Gasteiger partial charge in [0.05, 0.1) is 11.7 Å². The predicted molar refractivity (Wildman–Crippen MR) is 103 cm³/mol. The van der Waals surface area contributed by atoms with Gasteiger partial charge in [0.2, 0.25) is 0 Å². The molecule has 0 radical (unpaired) electrons. The molecule has 3 aromatic carbocycles. The number of rotatable bonds is 6. The molecule has 0 aliphatic heterocycles. The monoisotopic (exact) mass is 381 g/mol. The molecule has 0 heterocycles. The molecular weight excluding hydrogens is 362 g/mol. The first-order valence-corrected chi connectivity index (χ1v) is 8.85. The lowest BCUT2D eigenvalue weighted by atomic mass is 9.98. The average molecular weight is 382 g/mol. The van der Waals surface area contributed by atoms with Crippen LogP contribution in [0.2, 0.25) is 0 Å². The summed E-state index contributed by atoms with van der Waals surface area (Å²) in [5.41, 5.74) is 3.29. The summed E-state index contributed by atoms with van der Waals surface area (Å²) in [6.45, 7) is 0. The molecule has 2 nitrogen and oxygen atoms in total. The van der Waals surface area contributed by atoms with Gasteiger partial charge in [-0.15, -0.1) is 0 Å². The zero-order valence-corrected chi connectivity index (χ0v) is 14.9. The van der Waals surface area contributed by atoms with Crippen molar-refractivity contribution in [3.63, 3.8) is 0 Å². The molecule has 3 heteroatoms. The third-order valence-corrected chi connectivity index (χ3v) is 4.55. The summed E-state index contributed by atoms with van der Waals surface area (Å²) in [7, 11) is 0. The third-order valence-electron chi connectivity index (χ3n) is 4.06. The van der Waals surface area contributed by atoms with Gasteiger partial charge >= 0.3 is 0 Å². The minimum Gasteiger partial charge on any atom is -0.506 e. The molecule has 122 valence electrons. The maximum absolute atomic E-state index is 10.2. The Morgan fingerprint density at radius 3 is 2.21 bits per heavy atom. The second-order valence-electron chi connectivity index (χ2n) is 5.79. The Morgan fingerprint density at radius 2 is 1.54 bits per heavy atom. The summed E-state index contributed by atoms with van der Waals surface area (Å²) in [5.74, 6) is 0.255. The lowest BCUT2D eigenvalue weighted by Gasteiger charge is -2.21. The molecule has 0 aliphatic rings. The first-order valence-electron chi connectivity index (χ1n) is 8.06. The molecule has 0 aromatic heterocycles. The summed E-state index contributed by atoms with van der Waals surface area (Å²) in [4.78, 5) is 0. The Kier molecular flexibility index (Phi) is 5.55. The van der Waals surface area contributed by atoms with Crippen molar-refractivity contribution in [2.45, 2.75) is 18.9 Å². The van der Waals surface area contributed by atoms with E-state index in [2.05, 4.69) is 57.6 Å². The Hall–Kier alpha value is -2.26. The van der Waals surface area contributed by atoms with E-state index >= 15 is 0 Å². The van der Waals surface area contributed by atoms with Crippen LogP contribution < -0.4 is 5.32 Å². The molecule has 0 bridgehead atoms. The van der Waals surface area contributed by atoms with E-state index in [0.29, 0.717) is 0 Å². The molecule has 0 amide bonds. The second kappa shape index (κ2) is 8.02. The van der Waals surface area contributed by atoms with Crippen LogP contribution in [0.3, 0.4) is 0 Å². The van der Waals surface area contributed by atoms with Crippen LogP contribution in [-0.2, 0) is 6.42 Å². The van der Waals surface area contributed by atoms with Gasteiger partial charge in [0.15, 0.2) is 0 Å². The predicted octanol–water partition coefficient (Wildman–Crippen LogP) is 5.94. The van der Waals surface area contributed by atoms with Gasteiger partial charge in [0.1, 0.15) is 5.75 Å². The molecule has 2 N–H and O–H groups in total. The molecule has 3 aromatic rings. The second-order valence-corrected chi connectivity index (χ2v) is 6.71. The van der Waals surface area contributed by atoms with Crippen molar-refractivity contribution < 1.29 is 5.11 Å². The molecule has 1 unspecified atom stereocenters. The van der Waals surface area contributed by atoms with Gasteiger partial charge < -0.3 is 10.4 Å². The van der Waals surface area contributed by atoms with Crippen molar-refractivity contribution in [1.29, 1.82) is 0 Å². The molecule has 0 spiro atoms. The zero-order chi connectivity index (χ0) is 16.8. The number of aryl methyl sites for hydroxylation is 1. The van der Waals surface area contributed by atoms with E-state index in [1.807, 2.05) is 36.4 Å². The quantitative estimate of drug-likeness (QED) is 0.517. The fourth-order valence-electron chi connectivity index (χ4n) is 2.78. The topological polar surface area (TPSA) is 32.3 Å². The number of hydrogen-bond acceptors (Lipinski definition) is 2. The fraction of sp³-hybridized carbons (Fsp3) is 0.143. The SMILES string of the molecule is Oc1cc(Br)ccc1NC(CCc1ccccc1)c1ccccc1. The first kappa shape index (κ1) is 16.6. The van der Waals surface area contributed by atoms with E-state index in [1.54, 1.807) is 6.07 Å². The molecular formula is C21H20BrNO. The van der Waals surface area contributed by atoms with Crippen LogP contribution in [0.5, 0.6) is 5.75 Å². The highest BCUT2D eigenvalue weighted by atomic mass is 79.9. The maximum atomic E-state index is 10.2. The number of benzene rings is 3. The van der Waals surface area contributed by atoms with E-state index in [0.717, 1.165) is 23.0 Å². The molecule has 3 rings (SSSR count). The maximum Gasteiger partial charge on any atom is 0.139 e. The van der Waals surface area contributed by atoms with E-state index in [4.69, 9.17) is 0 Å². The minimum absolute atomic E-state index is 0.137. The highest BCUT2D eigenvalue weighted by Gasteiger charge is 2.13. The van der Waals surface area contributed by atoms with Crippen molar-refractivity contribution in [2.75, 3.05) is 5.32 Å². The average Bonchev–Trinajstić information content (AvgIpc) is 2.62. The number of phenolic OH excluding ortho intramolecular Hbond substituents is 1. The van der Waals surface area contributed by atoms with E-state index < -0.39 is 0 Å². The summed E-state index contributed by atoms with van der Waals surface area (Å²) < 4.78 is 0.867. The molecule has 24 heavy (non-hydrogen) atoms. The van der Waals surface area contributed by atoms with Crippen molar-refractivity contribution in [1.82, 2.24) is 0 Å². The van der Waals surface area contributed by atoms with Crippen molar-refractivity contribution >= 4 is 21.6 Å². The summed E-state index contributed by atoms with van der Waals surface area (Å²) in [6.07, 6.45) is 1.92. The Bertz CT molecular complexity index is 774. The third kappa shape index (κ3) is 4.39. The molecule has 0 saturated carbocycles. The number of anilines is 1. The number of halogens is 1. The molecule has 0 fully saturated rings. The number of nitrogens with one attached hydrogen (secondary N) is 1. The fourth-order valence-corrected chi connectivity index (χ4v) is 3.13. The van der Waals surface area contributed by atoms with Crippen molar-refractivity contribution in [3.8, 4) is 5.75 Å². The van der Waals surface area contributed by atoms with Gasteiger partial charge in [-0.2, -0.15) is 0 Å². The summed E-state index contributed by atoms with van der Waals surface area (Å²) in [5, 5.41) is 13.7. The Morgan fingerprint density at radius 1 is 0.875 bits per heavy atom. The largest absolute Gasteiger partial charge is 0.506 e. The van der Waals surface area contributed by atoms with Crippen LogP contribution in [0.25, 0.3) is 0 Å². The van der Waals surface area contributed by atoms with E-state index in [-0.39, 0.29) is 11.8 Å². The highest BCUT2D eigenvalue weighted by Crippen LogP contribution is 2.31. The van der Waals surface area contributed by atoms with Crippen LogP contribution in [0.15, 0.2) is 83.3 Å². The van der Waals surface area contributed by atoms with Crippen molar-refractivity contribution in [2.24, 2.45) is 0 Å². The standard InChI is InChI=1S/C21H20BrNO/c22-18-12-14-20(21(24)15-18)23-19(17-9-5-2-6-10-17)13-11-16-7-3-1-4-8-16/h1-10,12,14-15,19,23-24H,11,13H2. The van der Waals surface area contributed by atoms with Gasteiger partial charge in [-0.1, -0.05) is 76.6 Å². The number of phenols is 1. The summed E-state index contributed by atoms with van der Waals surface area (Å²) >= 11 is 3.38. The number of aromatic hydroxyl groups is 1. The van der Waals surface area contributed by atoms with E-state index in [9.17, 15) is 5.11 Å². The molecule has 0 aliphatic carbocycles. The lowest BCUT2D eigenvalue weighted by Crippen LogP contribution is -2.12. The van der Waals surface area contributed by atoms with Crippen LogP contribution in [0, 0.1) is 0 Å². The zero-order valence-electron chi connectivity index (χ0n) is 13.3. The Labute approximate surface area is 151 Å². The number of hydrogen-bond donors (Lipinski definition) is 2.